The highest BCUT2D eigenvalue weighted by Crippen LogP contribution is 2.33. The van der Waals surface area contributed by atoms with Crippen molar-refractivity contribution in [3.05, 3.63) is 0 Å². The van der Waals surface area contributed by atoms with E-state index >= 15 is 0 Å². The van der Waals surface area contributed by atoms with E-state index in [4.69, 9.17) is 14.2 Å². The van der Waals surface area contributed by atoms with E-state index in [-0.39, 0.29) is 18.5 Å². The van der Waals surface area contributed by atoms with Gasteiger partial charge in [-0.25, -0.2) is 0 Å². The van der Waals surface area contributed by atoms with Gasteiger partial charge in [0.25, 0.3) is 0 Å². The van der Waals surface area contributed by atoms with E-state index in [9.17, 15) is 0 Å². The number of hydrogen-bond donors (Lipinski definition) is 0. The molecule has 0 spiro atoms. The van der Waals surface area contributed by atoms with Crippen molar-refractivity contribution in [2.45, 2.75) is 45.7 Å². The van der Waals surface area contributed by atoms with E-state index in [2.05, 4.69) is 20.8 Å². The highest BCUT2D eigenvalue weighted by Gasteiger charge is 2.40. The van der Waals surface area contributed by atoms with Gasteiger partial charge in [0, 0.05) is 26.1 Å². The molecular formula is C11H22O3. The molecule has 1 rings (SSSR count). The van der Waals surface area contributed by atoms with E-state index in [0.717, 1.165) is 6.42 Å². The number of methoxy groups -OCH3 is 2. The Labute approximate surface area is 86.7 Å². The summed E-state index contributed by atoms with van der Waals surface area (Å²) in [4.78, 5) is 0. The normalized spacial score (nSPS) is 43.9. The Bertz CT molecular complexity index is 156. The molecule has 0 aromatic rings. The summed E-state index contributed by atoms with van der Waals surface area (Å²) in [7, 11) is 3.46. The summed E-state index contributed by atoms with van der Waals surface area (Å²) in [5.41, 5.74) is 0. The van der Waals surface area contributed by atoms with Crippen molar-refractivity contribution < 1.29 is 14.2 Å². The van der Waals surface area contributed by atoms with Gasteiger partial charge in [-0.05, 0) is 6.42 Å². The summed E-state index contributed by atoms with van der Waals surface area (Å²) in [6.07, 6.45) is 1.37. The van der Waals surface area contributed by atoms with Gasteiger partial charge in [-0.2, -0.15) is 0 Å². The first kappa shape index (κ1) is 12.0. The molecule has 0 bridgehead atoms. The van der Waals surface area contributed by atoms with Gasteiger partial charge >= 0.3 is 0 Å². The summed E-state index contributed by atoms with van der Waals surface area (Å²) < 4.78 is 16.7. The Morgan fingerprint density at radius 1 is 1.07 bits per heavy atom. The van der Waals surface area contributed by atoms with Crippen molar-refractivity contribution in [3.63, 3.8) is 0 Å². The van der Waals surface area contributed by atoms with Gasteiger partial charge in [-0.3, -0.25) is 0 Å². The van der Waals surface area contributed by atoms with Crippen LogP contribution >= 0.6 is 0 Å². The molecule has 0 N–H and O–H groups in total. The van der Waals surface area contributed by atoms with Crippen molar-refractivity contribution in [3.8, 4) is 0 Å². The molecule has 1 saturated heterocycles. The Morgan fingerprint density at radius 2 is 1.71 bits per heavy atom. The predicted octanol–water partition coefficient (Wildman–Crippen LogP) is 2.05. The average Bonchev–Trinajstić information content (AvgIpc) is 2.19. The van der Waals surface area contributed by atoms with Gasteiger partial charge < -0.3 is 14.2 Å². The van der Waals surface area contributed by atoms with E-state index in [1.165, 1.54) is 0 Å². The molecule has 1 heterocycles. The van der Waals surface area contributed by atoms with Gasteiger partial charge in [0.15, 0.2) is 6.29 Å². The van der Waals surface area contributed by atoms with Gasteiger partial charge in [0.2, 0.25) is 0 Å². The molecule has 1 aliphatic heterocycles. The summed E-state index contributed by atoms with van der Waals surface area (Å²) in [5, 5.41) is 0. The van der Waals surface area contributed by atoms with Crippen molar-refractivity contribution >= 4 is 0 Å². The third-order valence-corrected chi connectivity index (χ3v) is 3.27. The highest BCUT2D eigenvalue weighted by atomic mass is 16.7. The molecule has 0 aromatic carbocycles. The minimum Gasteiger partial charge on any atom is -0.381 e. The fourth-order valence-corrected chi connectivity index (χ4v) is 2.43. The quantitative estimate of drug-likeness (QED) is 0.701. The molecule has 84 valence electrons. The lowest BCUT2D eigenvalue weighted by molar-refractivity contribution is -0.257. The van der Waals surface area contributed by atoms with E-state index in [1.54, 1.807) is 14.2 Å². The molecule has 5 atom stereocenters. The molecule has 3 heteroatoms. The topological polar surface area (TPSA) is 27.7 Å². The summed E-state index contributed by atoms with van der Waals surface area (Å²) in [5.74, 6) is 0.731. The maximum absolute atomic E-state index is 5.84. The van der Waals surface area contributed by atoms with Crippen LogP contribution in [0.3, 0.4) is 0 Å². The Morgan fingerprint density at radius 3 is 2.14 bits per heavy atom. The number of ether oxygens (including phenoxy) is 3. The molecule has 1 fully saturated rings. The van der Waals surface area contributed by atoms with Crippen LogP contribution in [0.15, 0.2) is 0 Å². The molecule has 3 nitrogen and oxygen atoms in total. The largest absolute Gasteiger partial charge is 0.381 e. The Hall–Kier alpha value is -0.120. The zero-order chi connectivity index (χ0) is 10.7. The molecule has 1 aliphatic rings. The predicted molar refractivity (Wildman–Crippen MR) is 55.1 cm³/mol. The second-order valence-electron chi connectivity index (χ2n) is 4.11. The number of hydrogen-bond acceptors (Lipinski definition) is 3. The van der Waals surface area contributed by atoms with Crippen LogP contribution < -0.4 is 0 Å². The van der Waals surface area contributed by atoms with Crippen LogP contribution in [0.4, 0.5) is 0 Å². The lowest BCUT2D eigenvalue weighted by Gasteiger charge is -2.43. The Balaban J connectivity index is 2.72. The van der Waals surface area contributed by atoms with E-state index in [1.807, 2.05) is 0 Å². The molecule has 14 heavy (non-hydrogen) atoms. The third-order valence-electron chi connectivity index (χ3n) is 3.27. The van der Waals surface area contributed by atoms with Gasteiger partial charge in [-0.15, -0.1) is 0 Å². The van der Waals surface area contributed by atoms with Crippen LogP contribution in [0.2, 0.25) is 0 Å². The molecule has 0 saturated carbocycles. The second-order valence-corrected chi connectivity index (χ2v) is 4.11. The van der Waals surface area contributed by atoms with Crippen molar-refractivity contribution in [1.29, 1.82) is 0 Å². The lowest BCUT2D eigenvalue weighted by Crippen LogP contribution is -2.50. The molecule has 0 radical (unpaired) electrons. The fraction of sp³-hybridized carbons (Fsp3) is 1.00. The van der Waals surface area contributed by atoms with Gasteiger partial charge in [0.05, 0.1) is 12.2 Å². The van der Waals surface area contributed by atoms with Crippen molar-refractivity contribution in [1.82, 2.24) is 0 Å². The summed E-state index contributed by atoms with van der Waals surface area (Å²) in [6.45, 7) is 6.44. The first-order valence-electron chi connectivity index (χ1n) is 5.36. The summed E-state index contributed by atoms with van der Waals surface area (Å²) in [6, 6.07) is 0. The van der Waals surface area contributed by atoms with Crippen molar-refractivity contribution in [2.24, 2.45) is 11.8 Å². The van der Waals surface area contributed by atoms with Crippen LogP contribution in [0.25, 0.3) is 0 Å². The first-order valence-corrected chi connectivity index (χ1v) is 5.36. The zero-order valence-electron chi connectivity index (χ0n) is 9.82. The van der Waals surface area contributed by atoms with E-state index in [0.29, 0.717) is 11.8 Å². The van der Waals surface area contributed by atoms with Crippen LogP contribution in [0.1, 0.15) is 27.2 Å². The first-order chi connectivity index (χ1) is 6.65. The average molecular weight is 202 g/mol. The van der Waals surface area contributed by atoms with Crippen LogP contribution in [0, 0.1) is 11.8 Å². The maximum atomic E-state index is 5.84. The fourth-order valence-electron chi connectivity index (χ4n) is 2.43. The minimum atomic E-state index is -0.124. The monoisotopic (exact) mass is 202 g/mol. The lowest BCUT2D eigenvalue weighted by atomic mass is 9.85. The van der Waals surface area contributed by atoms with Gasteiger partial charge in [0.1, 0.15) is 0 Å². The molecule has 0 aliphatic carbocycles. The highest BCUT2D eigenvalue weighted by molar-refractivity contribution is 4.85. The Kier molecular flexibility index (Phi) is 4.35. The molecule has 0 unspecified atom stereocenters. The molecule has 0 aromatic heterocycles. The van der Waals surface area contributed by atoms with E-state index < -0.39 is 0 Å². The SMILES string of the molecule is CC[C@H]1O[C@H](OC)[C@H](C)[C@@H](OC)[C@@H]1C. The maximum Gasteiger partial charge on any atom is 0.162 e. The summed E-state index contributed by atoms with van der Waals surface area (Å²) >= 11 is 0. The van der Waals surface area contributed by atoms with Crippen LogP contribution in [-0.4, -0.2) is 32.7 Å². The third kappa shape index (κ3) is 2.10. The minimum absolute atomic E-state index is 0.124. The molecule has 0 amide bonds. The number of rotatable bonds is 3. The zero-order valence-corrected chi connectivity index (χ0v) is 9.82. The van der Waals surface area contributed by atoms with Crippen LogP contribution in [0.5, 0.6) is 0 Å². The smallest absolute Gasteiger partial charge is 0.162 e. The van der Waals surface area contributed by atoms with Crippen LogP contribution in [-0.2, 0) is 14.2 Å². The van der Waals surface area contributed by atoms with Crippen molar-refractivity contribution in [2.75, 3.05) is 14.2 Å². The standard InChI is InChI=1S/C11H22O3/c1-6-9-7(2)10(12-4)8(3)11(13-5)14-9/h7-11H,6H2,1-5H3/t7-,8-,9-,10+,11+/m1/s1. The van der Waals surface area contributed by atoms with Gasteiger partial charge in [-0.1, -0.05) is 20.8 Å². The molecular weight excluding hydrogens is 180 g/mol. The second kappa shape index (κ2) is 5.10.